The quantitative estimate of drug-likeness (QED) is 0.100. The highest BCUT2D eigenvalue weighted by Gasteiger charge is 2.28. The van der Waals surface area contributed by atoms with Crippen LogP contribution in [0.1, 0.15) is 43.5 Å². The second-order valence-corrected chi connectivity index (χ2v) is 12.9. The lowest BCUT2D eigenvalue weighted by Gasteiger charge is -2.26. The van der Waals surface area contributed by atoms with Crippen LogP contribution in [0.2, 0.25) is 0 Å². The van der Waals surface area contributed by atoms with Gasteiger partial charge in [-0.05, 0) is 65.1 Å². The summed E-state index contributed by atoms with van der Waals surface area (Å²) in [6, 6.07) is 26.7. The second kappa shape index (κ2) is 17.4. The van der Waals surface area contributed by atoms with Gasteiger partial charge in [0.2, 0.25) is 11.8 Å². The molecule has 0 saturated heterocycles. The number of fused-ring (bicyclic) bond motifs is 2. The van der Waals surface area contributed by atoms with Crippen molar-refractivity contribution < 1.29 is 28.7 Å². The highest BCUT2D eigenvalue weighted by molar-refractivity contribution is 5.92. The van der Waals surface area contributed by atoms with E-state index in [0.29, 0.717) is 30.3 Å². The number of carbonyl (C=O) groups excluding carboxylic acids is 4. The van der Waals surface area contributed by atoms with Crippen molar-refractivity contribution in [2.24, 2.45) is 0 Å². The van der Waals surface area contributed by atoms with Gasteiger partial charge in [0.1, 0.15) is 24.2 Å². The summed E-state index contributed by atoms with van der Waals surface area (Å²) >= 11 is 0. The Morgan fingerprint density at radius 2 is 1.44 bits per heavy atom. The van der Waals surface area contributed by atoms with Crippen molar-refractivity contribution in [1.29, 1.82) is 0 Å². The Morgan fingerprint density at radius 1 is 0.764 bits per heavy atom. The van der Waals surface area contributed by atoms with E-state index in [-0.39, 0.29) is 31.4 Å². The minimum atomic E-state index is -0.909. The fourth-order valence-corrected chi connectivity index (χ4v) is 6.39. The number of benzene rings is 4. The third kappa shape index (κ3) is 9.10. The number of hydrogen-bond acceptors (Lipinski definition) is 8. The van der Waals surface area contributed by atoms with E-state index in [1.54, 1.807) is 28.1 Å². The van der Waals surface area contributed by atoms with Crippen molar-refractivity contribution in [3.63, 3.8) is 0 Å². The average Bonchev–Trinajstić information content (AvgIpc) is 3.86. The summed E-state index contributed by atoms with van der Waals surface area (Å²) in [5.74, 6) is 0.770. The van der Waals surface area contributed by atoms with Crippen LogP contribution >= 0.6 is 0 Å². The number of hydrogen-bond donors (Lipinski definition) is 4. The molecular formula is C41H44N8O6. The molecule has 0 aliphatic heterocycles. The molecule has 14 heteroatoms. The summed E-state index contributed by atoms with van der Waals surface area (Å²) in [5.41, 5.74) is 6.11. The van der Waals surface area contributed by atoms with E-state index < -0.39 is 18.2 Å². The van der Waals surface area contributed by atoms with E-state index in [0.717, 1.165) is 50.6 Å². The maximum atomic E-state index is 13.7. The standard InChI is InChI=1S/C41H44N8O6/c1-5-18-49(37(50)23-43-40(52)54-3)24-35-42-22-34(46-35)31-15-14-27-19-28(12-13-29(27)20-31)30-16-17-32-33(21-30)45-36(44-32)25-48(6-2)39(51)38(47-41(53)55-4)26-10-8-7-9-11-26/h7-17,19-22,38H,5-6,18,23-25H2,1-4H3,(H,42,46)(H,43,52)(H,44,45)(H,47,53)/t38-/m1/s1. The Morgan fingerprint density at radius 3 is 2.15 bits per heavy atom. The Kier molecular flexibility index (Phi) is 12.0. The van der Waals surface area contributed by atoms with Gasteiger partial charge in [-0.2, -0.15) is 0 Å². The van der Waals surface area contributed by atoms with E-state index in [1.807, 2.05) is 50.2 Å². The van der Waals surface area contributed by atoms with Crippen molar-refractivity contribution in [2.75, 3.05) is 33.9 Å². The maximum absolute atomic E-state index is 13.7. The van der Waals surface area contributed by atoms with Gasteiger partial charge in [-0.15, -0.1) is 0 Å². The number of methoxy groups -OCH3 is 2. The molecule has 14 nitrogen and oxygen atoms in total. The van der Waals surface area contributed by atoms with Crippen LogP contribution in [-0.4, -0.2) is 87.6 Å². The zero-order valence-corrected chi connectivity index (χ0v) is 31.2. The molecule has 4 N–H and O–H groups in total. The zero-order chi connectivity index (χ0) is 38.9. The van der Waals surface area contributed by atoms with Crippen molar-refractivity contribution in [3.8, 4) is 22.4 Å². The fourth-order valence-electron chi connectivity index (χ4n) is 6.39. The largest absolute Gasteiger partial charge is 0.453 e. The smallest absolute Gasteiger partial charge is 0.407 e. The highest BCUT2D eigenvalue weighted by Crippen LogP contribution is 2.30. The Labute approximate surface area is 318 Å². The van der Waals surface area contributed by atoms with Crippen LogP contribution in [0.25, 0.3) is 44.2 Å². The summed E-state index contributed by atoms with van der Waals surface area (Å²) in [4.78, 5) is 69.3. The number of likely N-dealkylation sites (N-methyl/N-ethyl adjacent to an activating group) is 1. The predicted molar refractivity (Wildman–Crippen MR) is 209 cm³/mol. The molecule has 0 bridgehead atoms. The summed E-state index contributed by atoms with van der Waals surface area (Å²) in [6.45, 7) is 5.16. The van der Waals surface area contributed by atoms with Gasteiger partial charge >= 0.3 is 12.2 Å². The van der Waals surface area contributed by atoms with Crippen molar-refractivity contribution in [2.45, 2.75) is 39.4 Å². The first kappa shape index (κ1) is 38.0. The molecule has 4 amide bonds. The van der Waals surface area contributed by atoms with Crippen LogP contribution in [0.3, 0.4) is 0 Å². The molecule has 0 fully saturated rings. The van der Waals surface area contributed by atoms with E-state index in [1.165, 1.54) is 14.2 Å². The number of carbonyl (C=O) groups is 4. The van der Waals surface area contributed by atoms with Crippen molar-refractivity contribution in [3.05, 3.63) is 108 Å². The van der Waals surface area contributed by atoms with Crippen molar-refractivity contribution >= 4 is 45.8 Å². The number of aromatic nitrogens is 4. The number of alkyl carbamates (subject to hydrolysis) is 2. The molecule has 0 unspecified atom stereocenters. The van der Waals surface area contributed by atoms with Gasteiger partial charge in [0.25, 0.3) is 0 Å². The molecule has 0 aliphatic rings. The molecule has 284 valence electrons. The van der Waals surface area contributed by atoms with Gasteiger partial charge < -0.3 is 39.9 Å². The number of imidazole rings is 2. The molecule has 55 heavy (non-hydrogen) atoms. The van der Waals surface area contributed by atoms with Gasteiger partial charge in [-0.3, -0.25) is 9.59 Å². The Balaban J connectivity index is 1.15. The summed E-state index contributed by atoms with van der Waals surface area (Å²) in [5, 5.41) is 7.23. The number of aromatic amines is 2. The SMILES string of the molecule is CCCN(Cc1ncc(-c2ccc3cc(-c4ccc5nc(CN(CC)C(=O)[C@H](NC(=O)OC)c6ccccc6)[nH]c5c4)ccc3c2)[nH]1)C(=O)CNC(=O)OC. The van der Waals surface area contributed by atoms with Crippen molar-refractivity contribution in [1.82, 2.24) is 40.4 Å². The molecule has 0 aliphatic carbocycles. The molecule has 2 aromatic heterocycles. The minimum absolute atomic E-state index is 0.154. The Bertz CT molecular complexity index is 2300. The monoisotopic (exact) mass is 744 g/mol. The van der Waals surface area contributed by atoms with Gasteiger partial charge in [-0.1, -0.05) is 67.6 Å². The first-order valence-corrected chi connectivity index (χ1v) is 18.0. The van der Waals surface area contributed by atoms with Crippen LogP contribution in [0.15, 0.2) is 91.1 Å². The van der Waals surface area contributed by atoms with Crippen LogP contribution in [0.5, 0.6) is 0 Å². The number of nitrogens with zero attached hydrogens (tertiary/aromatic N) is 4. The van der Waals surface area contributed by atoms with Gasteiger partial charge in [0.15, 0.2) is 0 Å². The number of ether oxygens (including phenoxy) is 2. The third-order valence-corrected chi connectivity index (χ3v) is 9.26. The molecule has 0 radical (unpaired) electrons. The molecule has 4 aromatic carbocycles. The number of nitrogens with one attached hydrogen (secondary N) is 4. The lowest BCUT2D eigenvalue weighted by Crippen LogP contribution is -2.42. The van der Waals surface area contributed by atoms with E-state index in [9.17, 15) is 19.2 Å². The van der Waals surface area contributed by atoms with Crippen LogP contribution in [-0.2, 0) is 32.2 Å². The third-order valence-electron chi connectivity index (χ3n) is 9.26. The number of rotatable bonds is 14. The van der Waals surface area contributed by atoms with Crippen LogP contribution in [0.4, 0.5) is 9.59 Å². The highest BCUT2D eigenvalue weighted by atomic mass is 16.5. The van der Waals surface area contributed by atoms with Crippen LogP contribution < -0.4 is 10.6 Å². The molecule has 0 saturated carbocycles. The normalized spacial score (nSPS) is 11.6. The molecular weight excluding hydrogens is 701 g/mol. The summed E-state index contributed by atoms with van der Waals surface area (Å²) in [6.07, 6.45) is 1.18. The molecule has 6 rings (SSSR count). The zero-order valence-electron chi connectivity index (χ0n) is 31.2. The van der Waals surface area contributed by atoms with E-state index in [2.05, 4.69) is 66.7 Å². The minimum Gasteiger partial charge on any atom is -0.453 e. The molecule has 0 spiro atoms. The van der Waals surface area contributed by atoms with E-state index >= 15 is 0 Å². The van der Waals surface area contributed by atoms with E-state index in [4.69, 9.17) is 9.72 Å². The number of amides is 4. The van der Waals surface area contributed by atoms with Crippen LogP contribution in [0, 0.1) is 0 Å². The fraction of sp³-hybridized carbons (Fsp3) is 0.268. The van der Waals surface area contributed by atoms with Gasteiger partial charge in [0, 0.05) is 18.7 Å². The number of H-pyrrole nitrogens is 2. The summed E-state index contributed by atoms with van der Waals surface area (Å²) in [7, 11) is 2.52. The second-order valence-electron chi connectivity index (χ2n) is 12.9. The molecule has 6 aromatic rings. The molecule has 2 heterocycles. The predicted octanol–water partition coefficient (Wildman–Crippen LogP) is 6.31. The maximum Gasteiger partial charge on any atom is 0.407 e. The van der Waals surface area contributed by atoms with Gasteiger partial charge in [-0.25, -0.2) is 19.6 Å². The lowest BCUT2D eigenvalue weighted by atomic mass is 9.99. The Hall–Kier alpha value is -6.70. The average molecular weight is 745 g/mol. The van der Waals surface area contributed by atoms with Gasteiger partial charge in [0.05, 0.1) is 50.2 Å². The summed E-state index contributed by atoms with van der Waals surface area (Å²) < 4.78 is 9.36. The lowest BCUT2D eigenvalue weighted by molar-refractivity contribution is -0.134. The molecule has 1 atom stereocenters. The topological polar surface area (TPSA) is 175 Å². The first-order valence-electron chi connectivity index (χ1n) is 18.0. The first-order chi connectivity index (χ1) is 26.7.